The molecule has 20 heavy (non-hydrogen) atoms. The van der Waals surface area contributed by atoms with Crippen LogP contribution in [-0.2, 0) is 11.3 Å². The van der Waals surface area contributed by atoms with E-state index in [1.165, 1.54) is 4.68 Å². The first kappa shape index (κ1) is 13.9. The number of amides is 1. The zero-order valence-corrected chi connectivity index (χ0v) is 11.7. The maximum atomic E-state index is 11.4. The van der Waals surface area contributed by atoms with Crippen molar-refractivity contribution in [2.75, 3.05) is 25.5 Å². The Morgan fingerprint density at radius 2 is 2.05 bits per heavy atom. The lowest BCUT2D eigenvalue weighted by Gasteiger charge is -2.08. The van der Waals surface area contributed by atoms with Gasteiger partial charge in [0, 0.05) is 38.6 Å². The van der Waals surface area contributed by atoms with Crippen molar-refractivity contribution in [3.8, 4) is 11.3 Å². The molecule has 2 heterocycles. The van der Waals surface area contributed by atoms with Crippen molar-refractivity contribution in [3.05, 3.63) is 18.6 Å². The van der Waals surface area contributed by atoms with E-state index in [0.717, 1.165) is 5.56 Å². The monoisotopic (exact) mass is 275 g/mol. The minimum atomic E-state index is -0.0943. The van der Waals surface area contributed by atoms with Gasteiger partial charge in [-0.25, -0.2) is 14.6 Å². The van der Waals surface area contributed by atoms with Gasteiger partial charge >= 0.3 is 0 Å². The molecule has 0 aliphatic heterocycles. The lowest BCUT2D eigenvalue weighted by molar-refractivity contribution is -0.121. The molecule has 0 saturated carbocycles. The van der Waals surface area contributed by atoms with Gasteiger partial charge in [0.25, 0.3) is 0 Å². The van der Waals surface area contributed by atoms with Crippen LogP contribution in [0, 0.1) is 0 Å². The van der Waals surface area contributed by atoms with Crippen molar-refractivity contribution >= 4 is 11.9 Å². The van der Waals surface area contributed by atoms with Crippen molar-refractivity contribution in [1.82, 2.24) is 30.3 Å². The molecular formula is C12H17N7O. The summed E-state index contributed by atoms with van der Waals surface area (Å²) in [6, 6.07) is 0. The first-order valence-electron chi connectivity index (χ1n) is 6.26. The number of anilines is 1. The largest absolute Gasteiger partial charge is 0.355 e. The fraction of sp³-hybridized carbons (Fsp3) is 0.417. The highest BCUT2D eigenvalue weighted by atomic mass is 16.2. The smallest absolute Gasteiger partial charge is 0.241 e. The summed E-state index contributed by atoms with van der Waals surface area (Å²) in [7, 11) is 3.75. The molecule has 0 aromatic carbocycles. The fourth-order valence-corrected chi connectivity index (χ4v) is 1.59. The molecule has 0 aliphatic carbocycles. The average molecular weight is 275 g/mol. The second-order valence-electron chi connectivity index (χ2n) is 4.42. The van der Waals surface area contributed by atoms with E-state index in [9.17, 15) is 4.79 Å². The predicted octanol–water partition coefficient (Wildman–Crippen LogP) is -0.0628. The molecule has 0 aliphatic rings. The molecule has 1 N–H and O–H groups in total. The van der Waals surface area contributed by atoms with Gasteiger partial charge in [0.15, 0.2) is 0 Å². The Kier molecular flexibility index (Phi) is 4.24. The zero-order chi connectivity index (χ0) is 14.5. The summed E-state index contributed by atoms with van der Waals surface area (Å²) in [5, 5.41) is 10.6. The summed E-state index contributed by atoms with van der Waals surface area (Å²) >= 11 is 0. The summed E-state index contributed by atoms with van der Waals surface area (Å²) < 4.78 is 1.49. The van der Waals surface area contributed by atoms with Crippen molar-refractivity contribution in [1.29, 1.82) is 0 Å². The number of nitrogens with zero attached hydrogens (tertiary/aromatic N) is 6. The van der Waals surface area contributed by atoms with Crippen LogP contribution in [0.5, 0.6) is 0 Å². The van der Waals surface area contributed by atoms with Crippen LogP contribution >= 0.6 is 0 Å². The highest BCUT2D eigenvalue weighted by Crippen LogP contribution is 2.15. The summed E-state index contributed by atoms with van der Waals surface area (Å²) in [5.41, 5.74) is 1.40. The molecular weight excluding hydrogens is 258 g/mol. The molecule has 0 radical (unpaired) electrons. The van der Waals surface area contributed by atoms with Crippen molar-refractivity contribution in [3.63, 3.8) is 0 Å². The van der Waals surface area contributed by atoms with E-state index < -0.39 is 0 Å². The SMILES string of the molecule is CCNC(=O)Cn1cc(-c2cnc(N(C)C)nc2)nn1. The molecule has 8 nitrogen and oxygen atoms in total. The van der Waals surface area contributed by atoms with E-state index in [2.05, 4.69) is 25.6 Å². The normalized spacial score (nSPS) is 10.3. The number of hydrogen-bond donors (Lipinski definition) is 1. The molecule has 106 valence electrons. The number of nitrogens with one attached hydrogen (secondary N) is 1. The van der Waals surface area contributed by atoms with Crippen LogP contribution in [0.25, 0.3) is 11.3 Å². The molecule has 0 spiro atoms. The molecule has 0 bridgehead atoms. The summed E-state index contributed by atoms with van der Waals surface area (Å²) in [6.45, 7) is 2.62. The van der Waals surface area contributed by atoms with E-state index in [-0.39, 0.29) is 12.5 Å². The minimum Gasteiger partial charge on any atom is -0.355 e. The van der Waals surface area contributed by atoms with Crippen molar-refractivity contribution in [2.45, 2.75) is 13.5 Å². The van der Waals surface area contributed by atoms with Gasteiger partial charge in [-0.3, -0.25) is 4.79 Å². The number of rotatable bonds is 5. The van der Waals surface area contributed by atoms with E-state index in [1.54, 1.807) is 18.6 Å². The van der Waals surface area contributed by atoms with Crippen LogP contribution in [0.2, 0.25) is 0 Å². The van der Waals surface area contributed by atoms with Gasteiger partial charge in [-0.1, -0.05) is 5.21 Å². The van der Waals surface area contributed by atoms with Crippen LogP contribution in [0.1, 0.15) is 6.92 Å². The van der Waals surface area contributed by atoms with Crippen LogP contribution in [0.4, 0.5) is 5.95 Å². The second kappa shape index (κ2) is 6.09. The van der Waals surface area contributed by atoms with Gasteiger partial charge in [-0.05, 0) is 6.92 Å². The maximum absolute atomic E-state index is 11.4. The third-order valence-electron chi connectivity index (χ3n) is 2.55. The highest BCUT2D eigenvalue weighted by molar-refractivity contribution is 5.75. The molecule has 2 aromatic heterocycles. The molecule has 2 rings (SSSR count). The maximum Gasteiger partial charge on any atom is 0.241 e. The summed E-state index contributed by atoms with van der Waals surface area (Å²) in [5.74, 6) is 0.534. The van der Waals surface area contributed by atoms with Crippen LogP contribution < -0.4 is 10.2 Å². The third-order valence-corrected chi connectivity index (χ3v) is 2.55. The lowest BCUT2D eigenvalue weighted by Crippen LogP contribution is -2.27. The Hall–Kier alpha value is -2.51. The van der Waals surface area contributed by atoms with Gasteiger partial charge in [-0.15, -0.1) is 5.10 Å². The number of carbonyl (C=O) groups excluding carboxylic acids is 1. The molecule has 8 heteroatoms. The van der Waals surface area contributed by atoms with E-state index in [4.69, 9.17) is 0 Å². The molecule has 2 aromatic rings. The topological polar surface area (TPSA) is 88.8 Å². The number of carbonyl (C=O) groups is 1. The first-order valence-corrected chi connectivity index (χ1v) is 6.26. The fourth-order valence-electron chi connectivity index (χ4n) is 1.59. The first-order chi connectivity index (χ1) is 9.60. The van der Waals surface area contributed by atoms with Crippen molar-refractivity contribution < 1.29 is 4.79 Å². The predicted molar refractivity (Wildman–Crippen MR) is 74.1 cm³/mol. The van der Waals surface area contributed by atoms with E-state index in [0.29, 0.717) is 18.2 Å². The average Bonchev–Trinajstić information content (AvgIpc) is 2.87. The quantitative estimate of drug-likeness (QED) is 0.822. The number of hydrogen-bond acceptors (Lipinski definition) is 6. The Morgan fingerprint density at radius 1 is 1.35 bits per heavy atom. The van der Waals surface area contributed by atoms with Crippen molar-refractivity contribution in [2.24, 2.45) is 0 Å². The molecule has 0 atom stereocenters. The van der Waals surface area contributed by atoms with Gasteiger partial charge < -0.3 is 10.2 Å². The molecule has 0 fully saturated rings. The third kappa shape index (κ3) is 3.28. The zero-order valence-electron chi connectivity index (χ0n) is 11.7. The number of likely N-dealkylation sites (N-methyl/N-ethyl adjacent to an activating group) is 1. The van der Waals surface area contributed by atoms with Gasteiger partial charge in [0.1, 0.15) is 12.2 Å². The minimum absolute atomic E-state index is 0.0943. The summed E-state index contributed by atoms with van der Waals surface area (Å²) in [4.78, 5) is 21.7. The van der Waals surface area contributed by atoms with Gasteiger partial charge in [0.05, 0.1) is 6.20 Å². The molecule has 0 saturated heterocycles. The summed E-state index contributed by atoms with van der Waals surface area (Å²) in [6.07, 6.45) is 5.06. The van der Waals surface area contributed by atoms with Crippen LogP contribution in [0.15, 0.2) is 18.6 Å². The Morgan fingerprint density at radius 3 is 2.65 bits per heavy atom. The molecule has 0 unspecified atom stereocenters. The second-order valence-corrected chi connectivity index (χ2v) is 4.42. The Bertz CT molecular complexity index is 576. The standard InChI is InChI=1S/C12H17N7O/c1-4-13-11(20)8-19-7-10(16-17-19)9-5-14-12(15-6-9)18(2)3/h5-7H,4,8H2,1-3H3,(H,13,20). The Labute approximate surface area is 116 Å². The van der Waals surface area contributed by atoms with Crippen LogP contribution in [0.3, 0.4) is 0 Å². The number of aromatic nitrogens is 5. The Balaban J connectivity index is 2.10. The van der Waals surface area contributed by atoms with Gasteiger partial charge in [-0.2, -0.15) is 0 Å². The van der Waals surface area contributed by atoms with Gasteiger partial charge in [0.2, 0.25) is 11.9 Å². The lowest BCUT2D eigenvalue weighted by atomic mass is 10.3. The van der Waals surface area contributed by atoms with E-state index >= 15 is 0 Å². The highest BCUT2D eigenvalue weighted by Gasteiger charge is 2.08. The van der Waals surface area contributed by atoms with E-state index in [1.807, 2.05) is 25.9 Å². The molecule has 1 amide bonds. The van der Waals surface area contributed by atoms with Crippen LogP contribution in [-0.4, -0.2) is 51.5 Å².